The van der Waals surface area contributed by atoms with Crippen molar-refractivity contribution >= 4 is 24.3 Å². The Labute approximate surface area is 120 Å². The Kier molecular flexibility index (Phi) is 6.80. The normalized spacial score (nSPS) is 34.1. The summed E-state index contributed by atoms with van der Waals surface area (Å²) in [7, 11) is -5.06. The number of aliphatic hydroxyl groups is 5. The zero-order chi connectivity index (χ0) is 15.5. The van der Waals surface area contributed by atoms with Crippen molar-refractivity contribution in [1.82, 2.24) is 0 Å². The third kappa shape index (κ3) is 4.88. The molecule has 0 aromatic rings. The van der Waals surface area contributed by atoms with E-state index in [0.717, 1.165) is 0 Å². The minimum atomic E-state index is -5.06. The fraction of sp³-hybridized carbons (Fsp3) is 1.00. The molecule has 0 aromatic heterocycles. The van der Waals surface area contributed by atoms with Crippen molar-refractivity contribution in [3.8, 4) is 0 Å². The third-order valence-electron chi connectivity index (χ3n) is 3.00. The van der Waals surface area contributed by atoms with Gasteiger partial charge in [0.05, 0.1) is 0 Å². The van der Waals surface area contributed by atoms with Gasteiger partial charge in [0, 0.05) is 0 Å². The first-order valence-electron chi connectivity index (χ1n) is 5.76. The van der Waals surface area contributed by atoms with E-state index < -0.39 is 60.1 Å². The summed E-state index contributed by atoms with van der Waals surface area (Å²) in [6.45, 7) is -1.23. The van der Waals surface area contributed by atoms with E-state index in [1.54, 1.807) is 0 Å². The third-order valence-corrected chi connectivity index (χ3v) is 9.41. The van der Waals surface area contributed by atoms with Gasteiger partial charge in [0.25, 0.3) is 0 Å². The summed E-state index contributed by atoms with van der Waals surface area (Å²) >= 11 is -1.85. The predicted molar refractivity (Wildman–Crippen MR) is 65.9 cm³/mol. The number of hydrogen-bond donors (Lipinski definition) is 5. The molecule has 0 saturated carbocycles. The molecular weight excluding hydrogens is 363 g/mol. The van der Waals surface area contributed by atoms with Gasteiger partial charge in [0.15, 0.2) is 0 Å². The number of hydrogen-bond acceptors (Lipinski definition) is 9. The van der Waals surface area contributed by atoms with E-state index in [4.69, 9.17) is 5.11 Å². The summed E-state index contributed by atoms with van der Waals surface area (Å²) in [6.07, 6.45) is -5.11. The van der Waals surface area contributed by atoms with Crippen molar-refractivity contribution in [2.24, 2.45) is 0 Å². The van der Waals surface area contributed by atoms with Gasteiger partial charge in [-0.15, -0.1) is 0 Å². The summed E-state index contributed by atoms with van der Waals surface area (Å²) in [6, 6.07) is 0. The first-order valence-corrected chi connectivity index (χ1v) is 10.5. The fourth-order valence-corrected chi connectivity index (χ4v) is 8.16. The molecule has 1 aliphatic rings. The van der Waals surface area contributed by atoms with Gasteiger partial charge in [-0.05, 0) is 0 Å². The van der Waals surface area contributed by atoms with E-state index in [9.17, 15) is 33.4 Å². The molecule has 6 atom stereocenters. The van der Waals surface area contributed by atoms with Crippen LogP contribution in [0.4, 0.5) is 0 Å². The molecule has 1 heterocycles. The van der Waals surface area contributed by atoms with Crippen LogP contribution >= 0.6 is 0 Å². The topological polar surface area (TPSA) is 168 Å². The van der Waals surface area contributed by atoms with Crippen LogP contribution in [0.5, 0.6) is 0 Å². The molecule has 1 fully saturated rings. The van der Waals surface area contributed by atoms with Crippen molar-refractivity contribution in [3.63, 3.8) is 0 Å². The van der Waals surface area contributed by atoms with E-state index >= 15 is 0 Å². The predicted octanol–water partition coefficient (Wildman–Crippen LogP) is -3.22. The molecule has 0 aromatic carbocycles. The number of rotatable bonds is 7. The Morgan fingerprint density at radius 2 is 1.95 bits per heavy atom. The van der Waals surface area contributed by atoms with Crippen LogP contribution in [-0.4, -0.2) is 90.0 Å². The van der Waals surface area contributed by atoms with Crippen LogP contribution in [0, 0.1) is 0 Å². The standard InChI is InChI=1S/C9H18O9SSe/c10-1-7(18-19(15,16)17)5(12)3-20-4-6(13)9(14)8(20)2-11/h5-14H,1-4H2/t5-,6+,7+,8-,9-,20?/m1/s1. The van der Waals surface area contributed by atoms with Crippen LogP contribution < -0.4 is 0 Å². The van der Waals surface area contributed by atoms with Gasteiger partial charge in [-0.1, -0.05) is 0 Å². The Hall–Kier alpha value is 0.189. The molecule has 0 amide bonds. The quantitative estimate of drug-likeness (QED) is 0.173. The summed E-state index contributed by atoms with van der Waals surface area (Å²) in [5, 5.41) is 47.3. The first-order chi connectivity index (χ1) is 9.19. The zero-order valence-electron chi connectivity index (χ0n) is 10.4. The molecule has 9 nitrogen and oxygen atoms in total. The van der Waals surface area contributed by atoms with Gasteiger partial charge < -0.3 is 0 Å². The molecule has 1 rings (SSSR count). The van der Waals surface area contributed by atoms with Crippen LogP contribution in [0.25, 0.3) is 0 Å². The Bertz CT molecular complexity index is 402. The molecule has 0 bridgehead atoms. The van der Waals surface area contributed by atoms with Crippen molar-refractivity contribution in [2.75, 3.05) is 13.2 Å². The Balaban J connectivity index is 2.66. The van der Waals surface area contributed by atoms with Crippen LogP contribution in [-0.2, 0) is 14.6 Å². The van der Waals surface area contributed by atoms with E-state index in [-0.39, 0.29) is 17.2 Å². The summed E-state index contributed by atoms with van der Waals surface area (Å²) < 4.78 is 35.4. The molecule has 20 heavy (non-hydrogen) atoms. The fourth-order valence-electron chi connectivity index (χ4n) is 1.99. The SMILES string of the molecule is O=S(=O)([O-])O[C@@H](CO)[C@H](O)C[Se+]1C[C@H](O)[C@@H](O)[C@H]1CO. The molecule has 1 saturated heterocycles. The van der Waals surface area contributed by atoms with Crippen LogP contribution in [0.15, 0.2) is 0 Å². The molecule has 0 spiro atoms. The van der Waals surface area contributed by atoms with Gasteiger partial charge >= 0.3 is 120 Å². The molecule has 1 unspecified atom stereocenters. The van der Waals surface area contributed by atoms with Gasteiger partial charge in [-0.2, -0.15) is 0 Å². The van der Waals surface area contributed by atoms with E-state index in [1.165, 1.54) is 0 Å². The summed E-state index contributed by atoms with van der Waals surface area (Å²) in [5.74, 6) is 0. The molecule has 1 aliphatic heterocycles. The second-order valence-corrected chi connectivity index (χ2v) is 10.4. The van der Waals surface area contributed by atoms with Gasteiger partial charge in [-0.25, -0.2) is 0 Å². The first kappa shape index (κ1) is 18.2. The van der Waals surface area contributed by atoms with Crippen LogP contribution in [0.2, 0.25) is 15.5 Å². The van der Waals surface area contributed by atoms with Crippen molar-refractivity contribution < 1.29 is 42.7 Å². The van der Waals surface area contributed by atoms with Crippen molar-refractivity contribution in [1.29, 1.82) is 0 Å². The van der Waals surface area contributed by atoms with Crippen LogP contribution in [0.3, 0.4) is 0 Å². The average Bonchev–Trinajstić information content (AvgIpc) is 2.60. The summed E-state index contributed by atoms with van der Waals surface area (Å²) in [4.78, 5) is -0.553. The molecule has 120 valence electrons. The van der Waals surface area contributed by atoms with E-state index in [2.05, 4.69) is 4.18 Å². The molecular formula is C9H18O9SSe. The van der Waals surface area contributed by atoms with Crippen molar-refractivity contribution in [2.45, 2.75) is 39.9 Å². The molecule has 5 N–H and O–H groups in total. The number of aliphatic hydroxyl groups excluding tert-OH is 5. The average molecular weight is 381 g/mol. The maximum absolute atomic E-state index is 10.5. The van der Waals surface area contributed by atoms with Gasteiger partial charge in [0.2, 0.25) is 0 Å². The molecule has 0 radical (unpaired) electrons. The van der Waals surface area contributed by atoms with Crippen molar-refractivity contribution in [3.05, 3.63) is 0 Å². The Morgan fingerprint density at radius 1 is 1.35 bits per heavy atom. The molecule has 0 aliphatic carbocycles. The second kappa shape index (κ2) is 7.45. The zero-order valence-corrected chi connectivity index (χ0v) is 12.9. The van der Waals surface area contributed by atoms with E-state index in [0.29, 0.717) is 0 Å². The van der Waals surface area contributed by atoms with Crippen LogP contribution in [0.1, 0.15) is 0 Å². The summed E-state index contributed by atoms with van der Waals surface area (Å²) in [5.41, 5.74) is 0. The minimum absolute atomic E-state index is 0.0138. The monoisotopic (exact) mass is 382 g/mol. The van der Waals surface area contributed by atoms with Gasteiger partial charge in [-0.3, -0.25) is 0 Å². The second-order valence-electron chi connectivity index (χ2n) is 4.44. The molecule has 11 heteroatoms. The van der Waals surface area contributed by atoms with Gasteiger partial charge in [0.1, 0.15) is 0 Å². The van der Waals surface area contributed by atoms with E-state index in [1.807, 2.05) is 0 Å². The Morgan fingerprint density at radius 3 is 2.40 bits per heavy atom. The maximum atomic E-state index is 10.5.